The van der Waals surface area contributed by atoms with Crippen molar-refractivity contribution in [3.8, 4) is 5.75 Å². The summed E-state index contributed by atoms with van der Waals surface area (Å²) in [4.78, 5) is 27.2. The lowest BCUT2D eigenvalue weighted by Crippen LogP contribution is -2.49. The lowest BCUT2D eigenvalue weighted by molar-refractivity contribution is -0.142. The Morgan fingerprint density at radius 3 is 2.50 bits per heavy atom. The summed E-state index contributed by atoms with van der Waals surface area (Å²) in [5, 5.41) is 4.68. The minimum Gasteiger partial charge on any atom is -0.483 e. The summed E-state index contributed by atoms with van der Waals surface area (Å²) in [5.41, 5.74) is 2.09. The summed E-state index contributed by atoms with van der Waals surface area (Å²) in [5.74, 6) is 0.258. The number of hydrogen-bond acceptors (Lipinski definition) is 3. The van der Waals surface area contributed by atoms with Crippen molar-refractivity contribution in [2.45, 2.75) is 32.9 Å². The number of likely N-dealkylation sites (N-methyl/N-ethyl adjacent to an activating group) is 1. The van der Waals surface area contributed by atoms with Crippen LogP contribution in [0.2, 0.25) is 0 Å². The van der Waals surface area contributed by atoms with Crippen LogP contribution in [0.3, 0.4) is 0 Å². The van der Waals surface area contributed by atoms with Crippen LogP contribution in [0.1, 0.15) is 24.5 Å². The van der Waals surface area contributed by atoms with E-state index in [1.54, 1.807) is 11.9 Å². The normalized spacial score (nSPS) is 11.7. The fourth-order valence-electron chi connectivity index (χ4n) is 3.64. The largest absolute Gasteiger partial charge is 0.483 e. The third kappa shape index (κ3) is 4.98. The number of hydrogen-bond donors (Lipinski definition) is 1. The van der Waals surface area contributed by atoms with Gasteiger partial charge in [-0.3, -0.25) is 9.59 Å². The second-order valence-corrected chi connectivity index (χ2v) is 7.31. The van der Waals surface area contributed by atoms with E-state index in [1.807, 2.05) is 80.6 Å². The molecule has 3 rings (SSSR count). The molecule has 0 aliphatic heterocycles. The standard InChI is InChI=1S/C25H28N2O3/c1-4-22(25(29)26-3)27(16-19-10-7-9-18(2)15-19)24(28)17-30-23-14-8-12-20-11-5-6-13-21(20)23/h5-15,22H,4,16-17H2,1-3H3,(H,26,29)/t22-/m0/s1. The molecule has 0 aromatic heterocycles. The van der Waals surface area contributed by atoms with E-state index in [9.17, 15) is 9.59 Å². The highest BCUT2D eigenvalue weighted by Gasteiger charge is 2.28. The van der Waals surface area contributed by atoms with Crippen molar-refractivity contribution in [3.05, 3.63) is 77.9 Å². The first kappa shape index (κ1) is 21.4. The highest BCUT2D eigenvalue weighted by Crippen LogP contribution is 2.25. The van der Waals surface area contributed by atoms with Gasteiger partial charge in [0.1, 0.15) is 11.8 Å². The van der Waals surface area contributed by atoms with Crippen LogP contribution in [0.4, 0.5) is 0 Å². The van der Waals surface area contributed by atoms with E-state index in [2.05, 4.69) is 5.32 Å². The maximum absolute atomic E-state index is 13.2. The molecule has 0 aliphatic carbocycles. The molecule has 5 heteroatoms. The van der Waals surface area contributed by atoms with Crippen molar-refractivity contribution in [2.75, 3.05) is 13.7 Å². The third-order valence-electron chi connectivity index (χ3n) is 5.17. The van der Waals surface area contributed by atoms with Gasteiger partial charge in [0.25, 0.3) is 5.91 Å². The van der Waals surface area contributed by atoms with Crippen LogP contribution in [-0.2, 0) is 16.1 Å². The number of ether oxygens (including phenoxy) is 1. The Morgan fingerprint density at radius 2 is 1.77 bits per heavy atom. The molecule has 0 fully saturated rings. The number of carbonyl (C=O) groups is 2. The molecule has 1 atom stereocenters. The Hall–Kier alpha value is -3.34. The molecule has 156 valence electrons. The smallest absolute Gasteiger partial charge is 0.261 e. The third-order valence-corrected chi connectivity index (χ3v) is 5.17. The number of carbonyl (C=O) groups excluding carboxylic acids is 2. The highest BCUT2D eigenvalue weighted by atomic mass is 16.5. The molecule has 0 bridgehead atoms. The van der Waals surface area contributed by atoms with Crippen LogP contribution in [0.5, 0.6) is 5.75 Å². The molecule has 0 aliphatic rings. The predicted octanol–water partition coefficient (Wildman–Crippen LogP) is 4.08. The lowest BCUT2D eigenvalue weighted by atomic mass is 10.1. The van der Waals surface area contributed by atoms with Gasteiger partial charge < -0.3 is 15.0 Å². The van der Waals surface area contributed by atoms with E-state index < -0.39 is 6.04 Å². The monoisotopic (exact) mass is 404 g/mol. The Morgan fingerprint density at radius 1 is 1.03 bits per heavy atom. The van der Waals surface area contributed by atoms with Gasteiger partial charge in [-0.15, -0.1) is 0 Å². The van der Waals surface area contributed by atoms with Crippen LogP contribution < -0.4 is 10.1 Å². The average Bonchev–Trinajstić information content (AvgIpc) is 2.77. The Balaban J connectivity index is 1.82. The number of rotatable bonds is 8. The molecule has 5 nitrogen and oxygen atoms in total. The molecule has 3 aromatic rings. The topological polar surface area (TPSA) is 58.6 Å². The number of amides is 2. The van der Waals surface area contributed by atoms with Gasteiger partial charge in [-0.05, 0) is 30.4 Å². The molecule has 1 N–H and O–H groups in total. The zero-order chi connectivity index (χ0) is 21.5. The maximum atomic E-state index is 13.2. The van der Waals surface area contributed by atoms with Crippen LogP contribution in [0.25, 0.3) is 10.8 Å². The van der Waals surface area contributed by atoms with Gasteiger partial charge in [-0.1, -0.05) is 73.2 Å². The molecule has 0 spiro atoms. The van der Waals surface area contributed by atoms with Gasteiger partial charge in [-0.2, -0.15) is 0 Å². The van der Waals surface area contributed by atoms with E-state index in [0.29, 0.717) is 18.7 Å². The van der Waals surface area contributed by atoms with Crippen molar-refractivity contribution in [1.29, 1.82) is 0 Å². The van der Waals surface area contributed by atoms with E-state index in [0.717, 1.165) is 21.9 Å². The first-order chi connectivity index (χ1) is 14.5. The quantitative estimate of drug-likeness (QED) is 0.615. The summed E-state index contributed by atoms with van der Waals surface area (Å²) in [6, 6.07) is 21.1. The Bertz CT molecular complexity index is 1030. The maximum Gasteiger partial charge on any atom is 0.261 e. The zero-order valence-corrected chi connectivity index (χ0v) is 17.7. The summed E-state index contributed by atoms with van der Waals surface area (Å²) >= 11 is 0. The van der Waals surface area contributed by atoms with E-state index in [-0.39, 0.29) is 18.4 Å². The van der Waals surface area contributed by atoms with Crippen LogP contribution in [0, 0.1) is 6.92 Å². The second-order valence-electron chi connectivity index (χ2n) is 7.31. The van der Waals surface area contributed by atoms with Crippen LogP contribution in [0.15, 0.2) is 66.7 Å². The first-order valence-electron chi connectivity index (χ1n) is 10.2. The van der Waals surface area contributed by atoms with Gasteiger partial charge in [0.2, 0.25) is 5.91 Å². The summed E-state index contributed by atoms with van der Waals surface area (Å²) < 4.78 is 5.91. The lowest BCUT2D eigenvalue weighted by Gasteiger charge is -2.30. The molecule has 0 radical (unpaired) electrons. The van der Waals surface area contributed by atoms with E-state index in [1.165, 1.54) is 0 Å². The van der Waals surface area contributed by atoms with Gasteiger partial charge >= 0.3 is 0 Å². The second kappa shape index (κ2) is 9.92. The average molecular weight is 405 g/mol. The highest BCUT2D eigenvalue weighted by molar-refractivity contribution is 5.90. The van der Waals surface area contributed by atoms with Crippen LogP contribution in [-0.4, -0.2) is 36.4 Å². The number of nitrogens with one attached hydrogen (secondary N) is 1. The van der Waals surface area contributed by atoms with Crippen molar-refractivity contribution in [1.82, 2.24) is 10.2 Å². The van der Waals surface area contributed by atoms with E-state index >= 15 is 0 Å². The summed E-state index contributed by atoms with van der Waals surface area (Å²) in [6.07, 6.45) is 0.519. The molecule has 30 heavy (non-hydrogen) atoms. The SMILES string of the molecule is CC[C@@H](C(=O)NC)N(Cc1cccc(C)c1)C(=O)COc1cccc2ccccc12. The summed E-state index contributed by atoms with van der Waals surface area (Å²) in [7, 11) is 1.59. The fourth-order valence-corrected chi connectivity index (χ4v) is 3.64. The molecule has 2 amide bonds. The minimum absolute atomic E-state index is 0.132. The molecule has 3 aromatic carbocycles. The Kier molecular flexibility index (Phi) is 7.07. The minimum atomic E-state index is -0.556. The van der Waals surface area contributed by atoms with E-state index in [4.69, 9.17) is 4.74 Å². The van der Waals surface area contributed by atoms with Crippen molar-refractivity contribution < 1.29 is 14.3 Å². The number of aryl methyl sites for hydroxylation is 1. The van der Waals surface area contributed by atoms with Gasteiger partial charge in [0.15, 0.2) is 6.61 Å². The molecule has 0 heterocycles. The number of fused-ring (bicyclic) bond motifs is 1. The van der Waals surface area contributed by atoms with Crippen molar-refractivity contribution in [2.24, 2.45) is 0 Å². The van der Waals surface area contributed by atoms with Crippen molar-refractivity contribution >= 4 is 22.6 Å². The molecule has 0 unspecified atom stereocenters. The number of nitrogens with zero attached hydrogens (tertiary/aromatic N) is 1. The van der Waals surface area contributed by atoms with Gasteiger partial charge in [-0.25, -0.2) is 0 Å². The van der Waals surface area contributed by atoms with Gasteiger partial charge in [0, 0.05) is 19.0 Å². The van der Waals surface area contributed by atoms with Gasteiger partial charge in [0.05, 0.1) is 0 Å². The zero-order valence-electron chi connectivity index (χ0n) is 17.7. The molecule has 0 saturated carbocycles. The molecular weight excluding hydrogens is 376 g/mol. The van der Waals surface area contributed by atoms with Crippen LogP contribution >= 0.6 is 0 Å². The molecular formula is C25H28N2O3. The van der Waals surface area contributed by atoms with Crippen molar-refractivity contribution in [3.63, 3.8) is 0 Å². The first-order valence-corrected chi connectivity index (χ1v) is 10.2. The summed E-state index contributed by atoms with van der Waals surface area (Å²) in [6.45, 7) is 4.13. The Labute approximate surface area is 177 Å². The predicted molar refractivity (Wildman–Crippen MR) is 119 cm³/mol. The number of benzene rings is 3. The fraction of sp³-hybridized carbons (Fsp3) is 0.280. The molecule has 0 saturated heterocycles.